The normalized spacial score (nSPS) is 20.5. The average Bonchev–Trinajstić information content (AvgIpc) is 3.38. The van der Waals surface area contributed by atoms with Crippen LogP contribution < -0.4 is 4.90 Å². The molecule has 1 fully saturated rings. The van der Waals surface area contributed by atoms with Crippen LogP contribution in [0.4, 0.5) is 5.82 Å². The van der Waals surface area contributed by atoms with Crippen LogP contribution in [0, 0.1) is 5.92 Å². The van der Waals surface area contributed by atoms with Crippen LogP contribution in [-0.2, 0) is 0 Å². The Hall–Kier alpha value is -2.92. The van der Waals surface area contributed by atoms with E-state index in [1.54, 1.807) is 0 Å². The molecule has 2 atom stereocenters. The lowest BCUT2D eigenvalue weighted by atomic mass is 9.85. The Morgan fingerprint density at radius 3 is 2.57 bits per heavy atom. The van der Waals surface area contributed by atoms with Crippen molar-refractivity contribution in [1.82, 2.24) is 14.5 Å². The van der Waals surface area contributed by atoms with Crippen molar-refractivity contribution in [3.05, 3.63) is 78.5 Å². The van der Waals surface area contributed by atoms with Gasteiger partial charge >= 0.3 is 0 Å². The third-order valence-electron chi connectivity index (χ3n) is 6.73. The second-order valence-electron chi connectivity index (χ2n) is 8.42. The maximum Gasteiger partial charge on any atom is 0.128 e. The number of piperidine rings is 1. The second-order valence-corrected chi connectivity index (χ2v) is 8.42. The van der Waals surface area contributed by atoms with Crippen molar-refractivity contribution in [2.24, 2.45) is 5.92 Å². The van der Waals surface area contributed by atoms with Crippen molar-refractivity contribution in [3.8, 4) is 0 Å². The van der Waals surface area contributed by atoms with E-state index in [-0.39, 0.29) is 12.1 Å². The summed E-state index contributed by atoms with van der Waals surface area (Å²) in [5.74, 6) is 1.35. The van der Waals surface area contributed by atoms with Gasteiger partial charge in [0, 0.05) is 19.3 Å². The van der Waals surface area contributed by atoms with E-state index in [1.165, 1.54) is 16.7 Å². The SMILES string of the molecule is CC1=C(c2ccccc2)C(CC(O)C2CCN(c3ccccn3)CC2)n2cncc21. The van der Waals surface area contributed by atoms with E-state index in [0.717, 1.165) is 43.9 Å². The third-order valence-corrected chi connectivity index (χ3v) is 6.73. The molecule has 5 nitrogen and oxygen atoms in total. The number of allylic oxidation sites excluding steroid dienone is 2. The van der Waals surface area contributed by atoms with Gasteiger partial charge in [0.2, 0.25) is 0 Å². The van der Waals surface area contributed by atoms with Gasteiger partial charge in [0.15, 0.2) is 0 Å². The molecule has 3 aromatic rings. The number of anilines is 1. The van der Waals surface area contributed by atoms with Crippen molar-refractivity contribution in [2.45, 2.75) is 38.3 Å². The molecule has 154 valence electrons. The largest absolute Gasteiger partial charge is 0.393 e. The lowest BCUT2D eigenvalue weighted by Crippen LogP contribution is -2.38. The number of rotatable bonds is 5. The summed E-state index contributed by atoms with van der Waals surface area (Å²) in [5.41, 5.74) is 4.98. The van der Waals surface area contributed by atoms with Gasteiger partial charge in [-0.1, -0.05) is 36.4 Å². The van der Waals surface area contributed by atoms with Gasteiger partial charge in [-0.3, -0.25) is 0 Å². The van der Waals surface area contributed by atoms with Crippen LogP contribution in [0.3, 0.4) is 0 Å². The molecule has 2 unspecified atom stereocenters. The minimum atomic E-state index is -0.333. The van der Waals surface area contributed by atoms with E-state index in [0.29, 0.717) is 5.92 Å². The maximum absolute atomic E-state index is 11.2. The number of nitrogens with zero attached hydrogens (tertiary/aromatic N) is 4. The molecule has 0 spiro atoms. The van der Waals surface area contributed by atoms with E-state index in [4.69, 9.17) is 0 Å². The zero-order valence-electron chi connectivity index (χ0n) is 17.4. The summed E-state index contributed by atoms with van der Waals surface area (Å²) in [5, 5.41) is 11.2. The highest BCUT2D eigenvalue weighted by Crippen LogP contribution is 2.45. The lowest BCUT2D eigenvalue weighted by Gasteiger charge is -2.36. The summed E-state index contributed by atoms with van der Waals surface area (Å²) in [6, 6.07) is 16.7. The minimum Gasteiger partial charge on any atom is -0.393 e. The molecule has 1 saturated heterocycles. The van der Waals surface area contributed by atoms with E-state index in [1.807, 2.05) is 30.9 Å². The number of aliphatic hydroxyl groups excluding tert-OH is 1. The van der Waals surface area contributed by atoms with E-state index in [9.17, 15) is 5.11 Å². The number of benzene rings is 1. The van der Waals surface area contributed by atoms with Gasteiger partial charge in [0.25, 0.3) is 0 Å². The summed E-state index contributed by atoms with van der Waals surface area (Å²) in [6.45, 7) is 4.06. The Bertz CT molecular complexity index is 1020. The van der Waals surface area contributed by atoms with E-state index >= 15 is 0 Å². The molecule has 2 aromatic heterocycles. The highest BCUT2D eigenvalue weighted by molar-refractivity contribution is 5.93. The molecule has 30 heavy (non-hydrogen) atoms. The molecular weight excluding hydrogens is 372 g/mol. The first-order valence-corrected chi connectivity index (χ1v) is 10.8. The molecule has 2 aliphatic heterocycles. The number of hydrogen-bond acceptors (Lipinski definition) is 4. The maximum atomic E-state index is 11.2. The van der Waals surface area contributed by atoms with Gasteiger partial charge < -0.3 is 14.6 Å². The van der Waals surface area contributed by atoms with Crippen LogP contribution in [-0.4, -0.2) is 38.8 Å². The third kappa shape index (κ3) is 3.43. The fraction of sp³-hybridized carbons (Fsp3) is 0.360. The average molecular weight is 401 g/mol. The lowest BCUT2D eigenvalue weighted by molar-refractivity contribution is 0.0770. The predicted octanol–water partition coefficient (Wildman–Crippen LogP) is 4.43. The molecule has 0 amide bonds. The molecular formula is C25H28N4O. The predicted molar refractivity (Wildman–Crippen MR) is 120 cm³/mol. The van der Waals surface area contributed by atoms with Gasteiger partial charge in [0.1, 0.15) is 5.82 Å². The first-order chi connectivity index (χ1) is 14.7. The Morgan fingerprint density at radius 1 is 1.07 bits per heavy atom. The summed E-state index contributed by atoms with van der Waals surface area (Å²) in [4.78, 5) is 11.2. The summed E-state index contributed by atoms with van der Waals surface area (Å²) in [6.07, 6.45) is 8.07. The molecule has 1 aromatic carbocycles. The van der Waals surface area contributed by atoms with Crippen molar-refractivity contribution >= 4 is 17.0 Å². The Kier molecular flexibility index (Phi) is 5.13. The number of hydrogen-bond donors (Lipinski definition) is 1. The molecule has 0 saturated carbocycles. The molecule has 5 heteroatoms. The Morgan fingerprint density at radius 2 is 1.83 bits per heavy atom. The fourth-order valence-electron chi connectivity index (χ4n) is 5.10. The summed E-state index contributed by atoms with van der Waals surface area (Å²) in [7, 11) is 0. The highest BCUT2D eigenvalue weighted by Gasteiger charge is 2.34. The minimum absolute atomic E-state index is 0.133. The molecule has 5 rings (SSSR count). The van der Waals surface area contributed by atoms with Crippen molar-refractivity contribution in [1.29, 1.82) is 0 Å². The quantitative estimate of drug-likeness (QED) is 0.688. The van der Waals surface area contributed by atoms with Crippen LogP contribution in [0.5, 0.6) is 0 Å². The number of aromatic nitrogens is 3. The zero-order valence-corrected chi connectivity index (χ0v) is 17.4. The zero-order chi connectivity index (χ0) is 20.5. The van der Waals surface area contributed by atoms with Crippen LogP contribution in [0.2, 0.25) is 0 Å². The Balaban J connectivity index is 1.31. The summed E-state index contributed by atoms with van der Waals surface area (Å²) < 4.78 is 2.24. The van der Waals surface area contributed by atoms with Crippen molar-refractivity contribution < 1.29 is 5.11 Å². The first-order valence-electron chi connectivity index (χ1n) is 10.8. The number of fused-ring (bicyclic) bond motifs is 1. The second kappa shape index (κ2) is 8.07. The number of imidazole rings is 1. The summed E-state index contributed by atoms with van der Waals surface area (Å²) >= 11 is 0. The highest BCUT2D eigenvalue weighted by atomic mass is 16.3. The molecule has 4 heterocycles. The van der Waals surface area contributed by atoms with Crippen molar-refractivity contribution in [3.63, 3.8) is 0 Å². The van der Waals surface area contributed by atoms with Crippen LogP contribution in [0.15, 0.2) is 67.3 Å². The first kappa shape index (κ1) is 19.1. The van der Waals surface area contributed by atoms with Gasteiger partial charge in [-0.2, -0.15) is 0 Å². The molecule has 0 aliphatic carbocycles. The number of pyridine rings is 1. The smallest absolute Gasteiger partial charge is 0.128 e. The fourth-order valence-corrected chi connectivity index (χ4v) is 5.10. The van der Waals surface area contributed by atoms with E-state index in [2.05, 4.69) is 62.8 Å². The van der Waals surface area contributed by atoms with Crippen molar-refractivity contribution in [2.75, 3.05) is 18.0 Å². The molecule has 0 bridgehead atoms. The molecule has 1 N–H and O–H groups in total. The van der Waals surface area contributed by atoms with Crippen LogP contribution in [0.1, 0.15) is 43.5 Å². The monoisotopic (exact) mass is 400 g/mol. The van der Waals surface area contributed by atoms with Gasteiger partial charge in [-0.25, -0.2) is 9.97 Å². The van der Waals surface area contributed by atoms with Gasteiger partial charge in [-0.05, 0) is 60.9 Å². The molecule has 2 aliphatic rings. The standard InChI is InChI=1S/C25H28N4O/c1-18-22-16-26-17-29(22)21(25(18)20-7-3-2-4-8-20)15-23(30)19-10-13-28(14-11-19)24-9-5-6-12-27-24/h2-9,12,16-17,19,21,23,30H,10-11,13-15H2,1H3. The van der Waals surface area contributed by atoms with Gasteiger partial charge in [0.05, 0.1) is 30.4 Å². The topological polar surface area (TPSA) is 54.2 Å². The number of aliphatic hydroxyl groups is 1. The van der Waals surface area contributed by atoms with Crippen LogP contribution in [0.25, 0.3) is 11.1 Å². The van der Waals surface area contributed by atoms with E-state index < -0.39 is 0 Å². The van der Waals surface area contributed by atoms with Crippen LogP contribution >= 0.6 is 0 Å². The molecule has 0 radical (unpaired) electrons. The Labute approximate surface area is 177 Å². The van der Waals surface area contributed by atoms with Gasteiger partial charge in [-0.15, -0.1) is 0 Å².